The van der Waals surface area contributed by atoms with Crippen LogP contribution in [0, 0.1) is 5.82 Å². The molecule has 1 heterocycles. The van der Waals surface area contributed by atoms with Gasteiger partial charge >= 0.3 is 0 Å². The first-order valence-electron chi connectivity index (χ1n) is 8.15. The number of pyridine rings is 1. The van der Waals surface area contributed by atoms with Gasteiger partial charge < -0.3 is 5.32 Å². The molecule has 120 valence electrons. The lowest BCUT2D eigenvalue weighted by molar-refractivity contribution is 0.0972. The van der Waals surface area contributed by atoms with Crippen molar-refractivity contribution >= 4 is 22.4 Å². The maximum Gasteiger partial charge on any atom is 0.166 e. The normalized spacial score (nSPS) is 13.8. The monoisotopic (exact) mass is 320 g/mol. The van der Waals surface area contributed by atoms with E-state index >= 15 is 0 Å². The maximum atomic E-state index is 13.1. The van der Waals surface area contributed by atoms with Gasteiger partial charge in [0, 0.05) is 18.4 Å². The fraction of sp³-hybridized carbons (Fsp3) is 0.200. The summed E-state index contributed by atoms with van der Waals surface area (Å²) in [5.74, 6) is -0.100. The summed E-state index contributed by atoms with van der Waals surface area (Å²) in [4.78, 5) is 17.2. The number of hydrogen-bond donors (Lipinski definition) is 1. The SMILES string of the molecule is O=C1CCCc2nc3ccccc3c(NCc3ccc(F)cc3)c21. The number of carbonyl (C=O) groups is 1. The molecule has 24 heavy (non-hydrogen) atoms. The lowest BCUT2D eigenvalue weighted by atomic mass is 9.91. The zero-order valence-corrected chi connectivity index (χ0v) is 13.2. The Kier molecular flexibility index (Phi) is 3.73. The molecular weight excluding hydrogens is 303 g/mol. The topological polar surface area (TPSA) is 42.0 Å². The molecule has 0 amide bonds. The summed E-state index contributed by atoms with van der Waals surface area (Å²) < 4.78 is 13.1. The molecule has 0 saturated heterocycles. The highest BCUT2D eigenvalue weighted by Gasteiger charge is 2.24. The number of Topliss-reactive ketones (excluding diaryl/α,β-unsaturated/α-hetero) is 1. The van der Waals surface area contributed by atoms with E-state index in [1.165, 1.54) is 12.1 Å². The Morgan fingerprint density at radius 2 is 1.83 bits per heavy atom. The quantitative estimate of drug-likeness (QED) is 0.772. The third-order valence-corrected chi connectivity index (χ3v) is 4.45. The van der Waals surface area contributed by atoms with E-state index in [4.69, 9.17) is 0 Å². The van der Waals surface area contributed by atoms with Crippen molar-refractivity contribution in [1.82, 2.24) is 4.98 Å². The number of aryl methyl sites for hydroxylation is 1. The van der Waals surface area contributed by atoms with E-state index in [2.05, 4.69) is 10.3 Å². The first-order valence-corrected chi connectivity index (χ1v) is 8.15. The molecule has 1 aromatic heterocycles. The number of rotatable bonds is 3. The molecule has 0 radical (unpaired) electrons. The molecule has 0 atom stereocenters. The van der Waals surface area contributed by atoms with Gasteiger partial charge in [-0.3, -0.25) is 9.78 Å². The highest BCUT2D eigenvalue weighted by Crippen LogP contribution is 2.33. The predicted molar refractivity (Wildman–Crippen MR) is 92.7 cm³/mol. The number of benzene rings is 2. The second-order valence-electron chi connectivity index (χ2n) is 6.08. The molecule has 1 N–H and O–H groups in total. The van der Waals surface area contributed by atoms with Gasteiger partial charge in [0.2, 0.25) is 0 Å². The van der Waals surface area contributed by atoms with Crippen LogP contribution in [-0.2, 0) is 13.0 Å². The Hall–Kier alpha value is -2.75. The Bertz CT molecular complexity index is 919. The fourth-order valence-corrected chi connectivity index (χ4v) is 3.26. The molecular formula is C20H17FN2O. The van der Waals surface area contributed by atoms with Gasteiger partial charge in [0.1, 0.15) is 5.82 Å². The van der Waals surface area contributed by atoms with Crippen molar-refractivity contribution in [2.45, 2.75) is 25.8 Å². The van der Waals surface area contributed by atoms with E-state index in [0.29, 0.717) is 13.0 Å². The standard InChI is InChI=1S/C20H17FN2O/c21-14-10-8-13(9-11-14)12-22-20-15-4-1-2-5-16(15)23-17-6-3-7-18(24)19(17)20/h1-2,4-5,8-11H,3,6-7,12H2,(H,22,23). The van der Waals surface area contributed by atoms with E-state index in [9.17, 15) is 9.18 Å². The molecule has 0 bridgehead atoms. The first-order chi connectivity index (χ1) is 11.7. The van der Waals surface area contributed by atoms with Crippen LogP contribution in [0.3, 0.4) is 0 Å². The molecule has 3 nitrogen and oxygen atoms in total. The molecule has 0 spiro atoms. The van der Waals surface area contributed by atoms with Gasteiger partial charge in [-0.1, -0.05) is 30.3 Å². The second kappa shape index (κ2) is 6.04. The summed E-state index contributed by atoms with van der Waals surface area (Å²) in [5, 5.41) is 4.35. The van der Waals surface area contributed by atoms with Crippen LogP contribution in [0.25, 0.3) is 10.9 Å². The lowest BCUT2D eigenvalue weighted by Crippen LogP contribution is -2.16. The van der Waals surface area contributed by atoms with Crippen LogP contribution in [0.2, 0.25) is 0 Å². The number of aromatic nitrogens is 1. The summed E-state index contributed by atoms with van der Waals surface area (Å²) in [5.41, 5.74) is 4.32. The van der Waals surface area contributed by atoms with Crippen LogP contribution < -0.4 is 5.32 Å². The molecule has 2 aromatic carbocycles. The second-order valence-corrected chi connectivity index (χ2v) is 6.08. The Morgan fingerprint density at radius 1 is 1.04 bits per heavy atom. The number of ketones is 1. The highest BCUT2D eigenvalue weighted by atomic mass is 19.1. The summed E-state index contributed by atoms with van der Waals surface area (Å²) in [6.07, 6.45) is 2.25. The van der Waals surface area contributed by atoms with Crippen molar-refractivity contribution in [3.05, 3.63) is 71.2 Å². The predicted octanol–water partition coefficient (Wildman–Crippen LogP) is 4.51. The van der Waals surface area contributed by atoms with Crippen LogP contribution in [0.5, 0.6) is 0 Å². The molecule has 3 aromatic rings. The zero-order valence-electron chi connectivity index (χ0n) is 13.2. The van der Waals surface area contributed by atoms with Gasteiger partial charge in [0.15, 0.2) is 5.78 Å². The van der Waals surface area contributed by atoms with E-state index in [1.807, 2.05) is 24.3 Å². The van der Waals surface area contributed by atoms with Gasteiger partial charge in [0.25, 0.3) is 0 Å². The summed E-state index contributed by atoms with van der Waals surface area (Å²) in [6.45, 7) is 0.536. The molecule has 0 unspecified atom stereocenters. The third-order valence-electron chi connectivity index (χ3n) is 4.45. The number of fused-ring (bicyclic) bond motifs is 2. The molecule has 0 saturated carbocycles. The van der Waals surface area contributed by atoms with Crippen LogP contribution in [-0.4, -0.2) is 10.8 Å². The Balaban J connectivity index is 1.78. The summed E-state index contributed by atoms with van der Waals surface area (Å²) >= 11 is 0. The number of nitrogens with one attached hydrogen (secondary N) is 1. The van der Waals surface area contributed by atoms with E-state index in [1.54, 1.807) is 12.1 Å². The first kappa shape index (κ1) is 14.8. The molecule has 0 fully saturated rings. The number of carbonyl (C=O) groups excluding carboxylic acids is 1. The van der Waals surface area contributed by atoms with Crippen molar-refractivity contribution in [3.8, 4) is 0 Å². The molecule has 4 heteroatoms. The summed E-state index contributed by atoms with van der Waals surface area (Å²) in [7, 11) is 0. The van der Waals surface area contributed by atoms with E-state index in [0.717, 1.165) is 46.3 Å². The highest BCUT2D eigenvalue weighted by molar-refractivity contribution is 6.09. The Morgan fingerprint density at radius 3 is 2.67 bits per heavy atom. The van der Waals surface area contributed by atoms with Gasteiger partial charge in [0.05, 0.1) is 22.5 Å². The molecule has 4 rings (SSSR count). The van der Waals surface area contributed by atoms with Gasteiger partial charge in [-0.25, -0.2) is 4.39 Å². The van der Waals surface area contributed by atoms with Crippen molar-refractivity contribution < 1.29 is 9.18 Å². The molecule has 0 aliphatic heterocycles. The Labute approximate surface area is 139 Å². The van der Waals surface area contributed by atoms with Gasteiger partial charge in [-0.15, -0.1) is 0 Å². The maximum absolute atomic E-state index is 13.1. The van der Waals surface area contributed by atoms with Gasteiger partial charge in [-0.05, 0) is 36.6 Å². The number of para-hydroxylation sites is 1. The average Bonchev–Trinajstić information content (AvgIpc) is 2.60. The number of nitrogens with zero attached hydrogens (tertiary/aromatic N) is 1. The summed E-state index contributed by atoms with van der Waals surface area (Å²) in [6, 6.07) is 14.3. The van der Waals surface area contributed by atoms with E-state index in [-0.39, 0.29) is 11.6 Å². The third kappa shape index (κ3) is 2.64. The number of hydrogen-bond acceptors (Lipinski definition) is 3. The lowest BCUT2D eigenvalue weighted by Gasteiger charge is -2.20. The minimum absolute atomic E-state index is 0.149. The number of anilines is 1. The molecule has 1 aliphatic carbocycles. The van der Waals surface area contributed by atoms with Crippen molar-refractivity contribution in [2.24, 2.45) is 0 Å². The van der Waals surface area contributed by atoms with Gasteiger partial charge in [-0.2, -0.15) is 0 Å². The zero-order chi connectivity index (χ0) is 16.5. The van der Waals surface area contributed by atoms with Crippen LogP contribution in [0.1, 0.15) is 34.5 Å². The van der Waals surface area contributed by atoms with Crippen molar-refractivity contribution in [3.63, 3.8) is 0 Å². The van der Waals surface area contributed by atoms with Crippen LogP contribution >= 0.6 is 0 Å². The fourth-order valence-electron chi connectivity index (χ4n) is 3.26. The number of halogens is 1. The van der Waals surface area contributed by atoms with Crippen LogP contribution in [0.15, 0.2) is 48.5 Å². The minimum Gasteiger partial charge on any atom is -0.380 e. The average molecular weight is 320 g/mol. The smallest absolute Gasteiger partial charge is 0.166 e. The van der Waals surface area contributed by atoms with Crippen molar-refractivity contribution in [1.29, 1.82) is 0 Å². The van der Waals surface area contributed by atoms with Crippen molar-refractivity contribution in [2.75, 3.05) is 5.32 Å². The van der Waals surface area contributed by atoms with Crippen LogP contribution in [0.4, 0.5) is 10.1 Å². The minimum atomic E-state index is -0.249. The van der Waals surface area contributed by atoms with E-state index < -0.39 is 0 Å². The largest absolute Gasteiger partial charge is 0.380 e. The molecule has 1 aliphatic rings.